The van der Waals surface area contributed by atoms with Crippen LogP contribution in [-0.2, 0) is 19.1 Å². The summed E-state index contributed by atoms with van der Waals surface area (Å²) in [6.07, 6.45) is -3.87. The number of carbonyl (C=O) groups is 2. The molecule has 0 spiro atoms. The first-order valence-electron chi connectivity index (χ1n) is 6.63. The van der Waals surface area contributed by atoms with E-state index < -0.39 is 35.4 Å². The van der Waals surface area contributed by atoms with Gasteiger partial charge in [-0.1, -0.05) is 0 Å². The molecule has 0 aliphatic carbocycles. The molecule has 1 aliphatic rings. The largest absolute Gasteiger partial charge is 0.573 e. The van der Waals surface area contributed by atoms with Crippen LogP contribution in [0.25, 0.3) is 6.08 Å². The highest BCUT2D eigenvalue weighted by atomic mass is 19.4. The van der Waals surface area contributed by atoms with E-state index in [-0.39, 0.29) is 11.3 Å². The normalized spacial score (nSPS) is 17.0. The molecule has 0 bridgehead atoms. The molecular formula is C15H13F3O6. The fourth-order valence-corrected chi connectivity index (χ4v) is 1.96. The molecule has 0 N–H and O–H groups in total. The highest BCUT2D eigenvalue weighted by Crippen LogP contribution is 2.31. The van der Waals surface area contributed by atoms with Crippen molar-refractivity contribution in [1.29, 1.82) is 0 Å². The summed E-state index contributed by atoms with van der Waals surface area (Å²) in [5.74, 6) is -3.74. The first-order chi connectivity index (χ1) is 11.0. The van der Waals surface area contributed by atoms with Gasteiger partial charge in [0.2, 0.25) is 0 Å². The molecule has 0 unspecified atom stereocenters. The molecule has 2 rings (SSSR count). The summed E-state index contributed by atoms with van der Waals surface area (Å²) in [6, 6.07) is 3.21. The molecule has 1 heterocycles. The van der Waals surface area contributed by atoms with Crippen LogP contribution in [0, 0.1) is 0 Å². The van der Waals surface area contributed by atoms with Gasteiger partial charge >= 0.3 is 18.3 Å². The monoisotopic (exact) mass is 346 g/mol. The minimum atomic E-state index is -4.88. The average molecular weight is 346 g/mol. The summed E-state index contributed by atoms with van der Waals surface area (Å²) in [7, 11) is 1.28. The molecular weight excluding hydrogens is 333 g/mol. The predicted molar refractivity (Wildman–Crippen MR) is 73.9 cm³/mol. The van der Waals surface area contributed by atoms with E-state index in [1.807, 2.05) is 0 Å². The predicted octanol–water partition coefficient (Wildman–Crippen LogP) is 2.81. The third-order valence-electron chi connectivity index (χ3n) is 2.85. The lowest BCUT2D eigenvalue weighted by Gasteiger charge is -2.29. The summed E-state index contributed by atoms with van der Waals surface area (Å²) >= 11 is 0. The fourth-order valence-electron chi connectivity index (χ4n) is 1.96. The van der Waals surface area contributed by atoms with Crippen LogP contribution in [0.5, 0.6) is 11.5 Å². The molecule has 1 fully saturated rings. The van der Waals surface area contributed by atoms with Crippen molar-refractivity contribution in [3.63, 3.8) is 0 Å². The van der Waals surface area contributed by atoms with Crippen LogP contribution in [0.2, 0.25) is 0 Å². The van der Waals surface area contributed by atoms with E-state index in [1.165, 1.54) is 27.0 Å². The number of benzene rings is 1. The van der Waals surface area contributed by atoms with Gasteiger partial charge in [0.05, 0.1) is 7.11 Å². The van der Waals surface area contributed by atoms with Gasteiger partial charge in [-0.2, -0.15) is 0 Å². The maximum Gasteiger partial charge on any atom is 0.573 e. The molecule has 1 aromatic rings. The van der Waals surface area contributed by atoms with E-state index in [0.717, 1.165) is 18.2 Å². The Morgan fingerprint density at radius 1 is 1.12 bits per heavy atom. The summed E-state index contributed by atoms with van der Waals surface area (Å²) in [4.78, 5) is 23.8. The number of ether oxygens (including phenoxy) is 4. The van der Waals surface area contributed by atoms with Crippen LogP contribution in [0.4, 0.5) is 13.2 Å². The fraction of sp³-hybridized carbons (Fsp3) is 0.333. The van der Waals surface area contributed by atoms with Gasteiger partial charge in [0.25, 0.3) is 5.79 Å². The second kappa shape index (κ2) is 6.06. The van der Waals surface area contributed by atoms with Gasteiger partial charge in [0, 0.05) is 19.4 Å². The summed E-state index contributed by atoms with van der Waals surface area (Å²) < 4.78 is 55.5. The minimum Gasteiger partial charge on any atom is -0.496 e. The number of cyclic esters (lactones) is 2. The molecule has 1 saturated heterocycles. The van der Waals surface area contributed by atoms with E-state index in [0.29, 0.717) is 0 Å². The number of hydrogen-bond donors (Lipinski definition) is 0. The Kier molecular flexibility index (Phi) is 4.46. The van der Waals surface area contributed by atoms with Crippen molar-refractivity contribution in [3.05, 3.63) is 29.3 Å². The quantitative estimate of drug-likeness (QED) is 0.476. The Hall–Kier alpha value is -2.71. The van der Waals surface area contributed by atoms with Gasteiger partial charge in [-0.15, -0.1) is 13.2 Å². The van der Waals surface area contributed by atoms with E-state index in [9.17, 15) is 22.8 Å². The summed E-state index contributed by atoms with van der Waals surface area (Å²) in [5, 5.41) is 0. The highest BCUT2D eigenvalue weighted by Gasteiger charge is 2.39. The molecule has 6 nitrogen and oxygen atoms in total. The van der Waals surface area contributed by atoms with Crippen LogP contribution < -0.4 is 9.47 Å². The molecule has 1 aliphatic heterocycles. The Labute approximate surface area is 134 Å². The summed E-state index contributed by atoms with van der Waals surface area (Å²) in [6.45, 7) is 2.75. The zero-order valence-electron chi connectivity index (χ0n) is 12.9. The van der Waals surface area contributed by atoms with Gasteiger partial charge < -0.3 is 18.9 Å². The van der Waals surface area contributed by atoms with Crippen molar-refractivity contribution in [2.45, 2.75) is 26.0 Å². The van der Waals surface area contributed by atoms with Gasteiger partial charge in [-0.25, -0.2) is 9.59 Å². The molecule has 24 heavy (non-hydrogen) atoms. The van der Waals surface area contributed by atoms with Gasteiger partial charge in [0.15, 0.2) is 0 Å². The van der Waals surface area contributed by atoms with Gasteiger partial charge in [-0.05, 0) is 24.3 Å². The molecule has 0 saturated carbocycles. The molecule has 1 aromatic carbocycles. The van der Waals surface area contributed by atoms with Crippen molar-refractivity contribution >= 4 is 18.0 Å². The first-order valence-corrected chi connectivity index (χ1v) is 6.63. The maximum atomic E-state index is 12.3. The van der Waals surface area contributed by atoms with Crippen molar-refractivity contribution in [1.82, 2.24) is 0 Å². The van der Waals surface area contributed by atoms with Crippen LogP contribution in [0.3, 0.4) is 0 Å². The summed E-state index contributed by atoms with van der Waals surface area (Å²) in [5.41, 5.74) is -0.459. The minimum absolute atomic E-state index is 0.0165. The standard InChI is InChI=1S/C15H13F3O6/c1-14(2)23-12(19)10(13(20)24-14)7-8-6-9(22-15(16,17)18)4-5-11(8)21-3/h4-7H,1-3H3. The number of esters is 2. The third-order valence-corrected chi connectivity index (χ3v) is 2.85. The van der Waals surface area contributed by atoms with Gasteiger partial charge in [-0.3, -0.25) is 0 Å². The van der Waals surface area contributed by atoms with Crippen LogP contribution in [-0.4, -0.2) is 31.2 Å². The van der Waals surface area contributed by atoms with E-state index in [4.69, 9.17) is 14.2 Å². The number of halogens is 3. The molecule has 0 amide bonds. The SMILES string of the molecule is COc1ccc(OC(F)(F)F)cc1C=C1C(=O)OC(C)(C)OC1=O. The molecule has 0 aromatic heterocycles. The number of carbonyl (C=O) groups excluding carboxylic acids is 2. The van der Waals surface area contributed by atoms with Crippen molar-refractivity contribution in [3.8, 4) is 11.5 Å². The number of hydrogen-bond acceptors (Lipinski definition) is 6. The number of methoxy groups -OCH3 is 1. The van der Waals surface area contributed by atoms with Gasteiger partial charge in [0.1, 0.15) is 17.1 Å². The molecule has 9 heteroatoms. The Bertz CT molecular complexity index is 684. The second-order valence-corrected chi connectivity index (χ2v) is 5.19. The molecule has 0 radical (unpaired) electrons. The maximum absolute atomic E-state index is 12.3. The number of rotatable bonds is 3. The number of alkyl halides is 3. The Balaban J connectivity index is 2.41. The third kappa shape index (κ3) is 4.18. The molecule has 0 atom stereocenters. The molecule has 130 valence electrons. The zero-order valence-corrected chi connectivity index (χ0v) is 12.9. The van der Waals surface area contributed by atoms with Crippen molar-refractivity contribution < 1.29 is 41.7 Å². The van der Waals surface area contributed by atoms with Crippen LogP contribution in [0.1, 0.15) is 19.4 Å². The van der Waals surface area contributed by atoms with Crippen LogP contribution >= 0.6 is 0 Å². The lowest BCUT2D eigenvalue weighted by molar-refractivity contribution is -0.274. The first kappa shape index (κ1) is 17.6. The zero-order chi connectivity index (χ0) is 18.1. The Morgan fingerprint density at radius 2 is 1.71 bits per heavy atom. The lowest BCUT2D eigenvalue weighted by atomic mass is 10.1. The Morgan fingerprint density at radius 3 is 2.21 bits per heavy atom. The lowest BCUT2D eigenvalue weighted by Crippen LogP contribution is -2.41. The van der Waals surface area contributed by atoms with E-state index >= 15 is 0 Å². The second-order valence-electron chi connectivity index (χ2n) is 5.19. The van der Waals surface area contributed by atoms with Crippen molar-refractivity contribution in [2.24, 2.45) is 0 Å². The average Bonchev–Trinajstić information content (AvgIpc) is 2.40. The smallest absolute Gasteiger partial charge is 0.496 e. The highest BCUT2D eigenvalue weighted by molar-refractivity contribution is 6.19. The van der Waals surface area contributed by atoms with E-state index in [1.54, 1.807) is 0 Å². The van der Waals surface area contributed by atoms with Crippen LogP contribution in [0.15, 0.2) is 23.8 Å². The van der Waals surface area contributed by atoms with E-state index in [2.05, 4.69) is 4.74 Å². The van der Waals surface area contributed by atoms with Crippen molar-refractivity contribution in [2.75, 3.05) is 7.11 Å². The topological polar surface area (TPSA) is 71.1 Å².